The van der Waals surface area contributed by atoms with Crippen LogP contribution in [-0.2, 0) is 10.0 Å². The normalized spacial score (nSPS) is 25.8. The van der Waals surface area contributed by atoms with Crippen LogP contribution in [0, 0.1) is 5.92 Å². The zero-order valence-electron chi connectivity index (χ0n) is 18.1. The number of likely N-dealkylation sites (tertiary alicyclic amines) is 1. The summed E-state index contributed by atoms with van der Waals surface area (Å²) in [6.07, 6.45) is 3.75. The highest BCUT2D eigenvalue weighted by Gasteiger charge is 2.67. The van der Waals surface area contributed by atoms with Crippen molar-refractivity contribution >= 4 is 10.0 Å². The van der Waals surface area contributed by atoms with Gasteiger partial charge in [0.1, 0.15) is 5.75 Å². The van der Waals surface area contributed by atoms with Crippen molar-refractivity contribution < 1.29 is 18.3 Å². The van der Waals surface area contributed by atoms with Crippen LogP contribution in [0.2, 0.25) is 0 Å². The first kappa shape index (κ1) is 20.9. The molecule has 0 unspecified atom stereocenters. The van der Waals surface area contributed by atoms with E-state index in [4.69, 9.17) is 4.74 Å². The third kappa shape index (κ3) is 3.48. The molecule has 1 spiro atoms. The molecule has 3 aliphatic rings. The van der Waals surface area contributed by atoms with Crippen molar-refractivity contribution in [1.82, 2.24) is 9.21 Å². The van der Waals surface area contributed by atoms with Gasteiger partial charge in [0.25, 0.3) is 0 Å². The average Bonchev–Trinajstić information content (AvgIpc) is 3.54. The van der Waals surface area contributed by atoms with E-state index < -0.39 is 10.0 Å². The van der Waals surface area contributed by atoms with Crippen molar-refractivity contribution in [3.05, 3.63) is 54.1 Å². The molecule has 0 amide bonds. The standard InChI is InChI=1S/C24H30N2O4S/c1-30-22-6-4-3-5-20(22)18-9-11-19(12-10-18)23-21(14-27)26(13-17-7-8-17)24(23)15-25(16-24)31(2,28)29/h3-6,9-12,17,21,23,27H,7-8,13-16H2,1-2H3/t21-,23+/m1/s1. The number of nitrogens with zero attached hydrogens (tertiary/aromatic N) is 2. The van der Waals surface area contributed by atoms with Crippen LogP contribution in [-0.4, -0.2) is 73.9 Å². The fourth-order valence-electron chi connectivity index (χ4n) is 5.53. The van der Waals surface area contributed by atoms with Gasteiger partial charge in [-0.25, -0.2) is 8.42 Å². The Hall–Kier alpha value is -1.93. The van der Waals surface area contributed by atoms with Gasteiger partial charge in [-0.1, -0.05) is 42.5 Å². The Morgan fingerprint density at radius 3 is 2.35 bits per heavy atom. The highest BCUT2D eigenvalue weighted by molar-refractivity contribution is 7.88. The lowest BCUT2D eigenvalue weighted by atomic mass is 9.61. The number of ether oxygens (including phenoxy) is 1. The molecule has 2 aromatic carbocycles. The average molecular weight is 443 g/mol. The molecule has 6 nitrogen and oxygen atoms in total. The summed E-state index contributed by atoms with van der Waals surface area (Å²) < 4.78 is 31.2. The first-order valence-corrected chi connectivity index (χ1v) is 12.8. The molecular weight excluding hydrogens is 412 g/mol. The maximum Gasteiger partial charge on any atom is 0.211 e. The highest BCUT2D eigenvalue weighted by Crippen LogP contribution is 2.55. The molecule has 2 atom stereocenters. The predicted octanol–water partition coefficient (Wildman–Crippen LogP) is 2.55. The molecule has 31 heavy (non-hydrogen) atoms. The maximum absolute atomic E-state index is 12.1. The van der Waals surface area contributed by atoms with E-state index in [2.05, 4.69) is 29.2 Å². The van der Waals surface area contributed by atoms with E-state index in [0.29, 0.717) is 19.0 Å². The van der Waals surface area contributed by atoms with Gasteiger partial charge in [-0.3, -0.25) is 4.90 Å². The summed E-state index contributed by atoms with van der Waals surface area (Å²) in [5.74, 6) is 1.65. The van der Waals surface area contributed by atoms with E-state index in [1.165, 1.54) is 19.1 Å². The Morgan fingerprint density at radius 1 is 1.10 bits per heavy atom. The summed E-state index contributed by atoms with van der Waals surface area (Å²) in [6.45, 7) is 2.06. The fourth-order valence-corrected chi connectivity index (χ4v) is 6.44. The number of methoxy groups -OCH3 is 1. The molecular formula is C24H30N2O4S. The van der Waals surface area contributed by atoms with Gasteiger partial charge in [0.05, 0.1) is 25.5 Å². The molecule has 2 saturated heterocycles. The predicted molar refractivity (Wildman–Crippen MR) is 121 cm³/mol. The zero-order chi connectivity index (χ0) is 21.8. The van der Waals surface area contributed by atoms with Crippen LogP contribution in [0.5, 0.6) is 5.75 Å². The van der Waals surface area contributed by atoms with Gasteiger partial charge in [0.2, 0.25) is 10.0 Å². The molecule has 0 bridgehead atoms. The van der Waals surface area contributed by atoms with Crippen LogP contribution >= 0.6 is 0 Å². The van der Waals surface area contributed by atoms with E-state index in [9.17, 15) is 13.5 Å². The van der Waals surface area contributed by atoms with E-state index in [-0.39, 0.29) is 24.1 Å². The van der Waals surface area contributed by atoms with Gasteiger partial charge >= 0.3 is 0 Å². The van der Waals surface area contributed by atoms with Crippen molar-refractivity contribution in [2.75, 3.05) is 39.6 Å². The summed E-state index contributed by atoms with van der Waals surface area (Å²) in [4.78, 5) is 2.39. The van der Waals surface area contributed by atoms with Crippen LogP contribution in [0.15, 0.2) is 48.5 Å². The second-order valence-corrected chi connectivity index (χ2v) is 11.3. The summed E-state index contributed by atoms with van der Waals surface area (Å²) in [7, 11) is -1.52. The minimum absolute atomic E-state index is 0.0411. The van der Waals surface area contributed by atoms with Gasteiger partial charge in [-0.15, -0.1) is 0 Å². The third-order valence-corrected chi connectivity index (χ3v) is 8.53. The van der Waals surface area contributed by atoms with E-state index >= 15 is 0 Å². The van der Waals surface area contributed by atoms with E-state index in [0.717, 1.165) is 29.0 Å². The summed E-state index contributed by atoms with van der Waals surface area (Å²) >= 11 is 0. The Kier molecular flexibility index (Phi) is 5.13. The molecule has 1 aliphatic carbocycles. The number of aliphatic hydroxyl groups is 1. The first-order chi connectivity index (χ1) is 14.9. The summed E-state index contributed by atoms with van der Waals surface area (Å²) in [5.41, 5.74) is 3.08. The number of aliphatic hydroxyl groups excluding tert-OH is 1. The van der Waals surface area contributed by atoms with Crippen LogP contribution in [0.3, 0.4) is 0 Å². The Morgan fingerprint density at radius 2 is 1.77 bits per heavy atom. The number of rotatable bonds is 7. The molecule has 2 aromatic rings. The molecule has 2 aliphatic heterocycles. The Labute approximate surface area is 184 Å². The van der Waals surface area contributed by atoms with Gasteiger partial charge in [0, 0.05) is 37.2 Å². The Balaban J connectivity index is 1.44. The van der Waals surface area contributed by atoms with Gasteiger partial charge < -0.3 is 9.84 Å². The second-order valence-electron chi connectivity index (χ2n) is 9.28. The number of benzene rings is 2. The largest absolute Gasteiger partial charge is 0.496 e. The summed E-state index contributed by atoms with van der Waals surface area (Å²) in [5, 5.41) is 10.2. The van der Waals surface area contributed by atoms with Gasteiger partial charge in [0.15, 0.2) is 0 Å². The van der Waals surface area contributed by atoms with Crippen molar-refractivity contribution in [2.24, 2.45) is 5.92 Å². The minimum Gasteiger partial charge on any atom is -0.496 e. The monoisotopic (exact) mass is 442 g/mol. The number of hydrogen-bond donors (Lipinski definition) is 1. The Bertz CT molecular complexity index is 1060. The number of sulfonamides is 1. The van der Waals surface area contributed by atoms with E-state index in [1.807, 2.05) is 24.3 Å². The van der Waals surface area contributed by atoms with Crippen LogP contribution in [0.25, 0.3) is 11.1 Å². The highest BCUT2D eigenvalue weighted by atomic mass is 32.2. The van der Waals surface area contributed by atoms with Crippen molar-refractivity contribution in [2.45, 2.75) is 30.3 Å². The number of para-hydroxylation sites is 1. The summed E-state index contributed by atoms with van der Waals surface area (Å²) in [6, 6.07) is 16.5. The quantitative estimate of drug-likeness (QED) is 0.714. The molecule has 1 saturated carbocycles. The lowest BCUT2D eigenvalue weighted by Crippen LogP contribution is -2.85. The molecule has 0 aromatic heterocycles. The lowest BCUT2D eigenvalue weighted by Gasteiger charge is -2.70. The molecule has 5 rings (SSSR count). The second kappa shape index (κ2) is 7.59. The van der Waals surface area contributed by atoms with Crippen molar-refractivity contribution in [3.8, 4) is 16.9 Å². The van der Waals surface area contributed by atoms with Crippen LogP contribution < -0.4 is 4.74 Å². The van der Waals surface area contributed by atoms with Crippen molar-refractivity contribution in [1.29, 1.82) is 0 Å². The van der Waals surface area contributed by atoms with Crippen LogP contribution in [0.1, 0.15) is 24.3 Å². The lowest BCUT2D eigenvalue weighted by molar-refractivity contribution is -0.172. The van der Waals surface area contributed by atoms with Gasteiger partial charge in [-0.2, -0.15) is 4.31 Å². The zero-order valence-corrected chi connectivity index (χ0v) is 18.9. The first-order valence-electron chi connectivity index (χ1n) is 10.9. The molecule has 166 valence electrons. The topological polar surface area (TPSA) is 70.1 Å². The molecule has 7 heteroatoms. The van der Waals surface area contributed by atoms with Crippen molar-refractivity contribution in [3.63, 3.8) is 0 Å². The smallest absolute Gasteiger partial charge is 0.211 e. The fraction of sp³-hybridized carbons (Fsp3) is 0.500. The van der Waals surface area contributed by atoms with Crippen LogP contribution in [0.4, 0.5) is 0 Å². The third-order valence-electron chi connectivity index (χ3n) is 7.33. The molecule has 2 heterocycles. The minimum atomic E-state index is -3.20. The van der Waals surface area contributed by atoms with E-state index in [1.54, 1.807) is 11.4 Å². The SMILES string of the molecule is COc1ccccc1-c1ccc([C@H]2[C@@H](CO)N(CC3CC3)C23CN(S(C)(=O)=O)C3)cc1. The maximum atomic E-state index is 12.1. The molecule has 0 radical (unpaired) electrons. The molecule has 3 fully saturated rings. The molecule has 1 N–H and O–H groups in total. The number of hydrogen-bond acceptors (Lipinski definition) is 5. The van der Waals surface area contributed by atoms with Gasteiger partial charge in [-0.05, 0) is 36.0 Å².